The van der Waals surface area contributed by atoms with Crippen LogP contribution in [0.3, 0.4) is 0 Å². The first-order valence-corrected chi connectivity index (χ1v) is 7.72. The van der Waals surface area contributed by atoms with Gasteiger partial charge < -0.3 is 5.32 Å². The van der Waals surface area contributed by atoms with Gasteiger partial charge in [-0.1, -0.05) is 23.8 Å². The van der Waals surface area contributed by atoms with E-state index < -0.39 is 0 Å². The number of anilines is 1. The van der Waals surface area contributed by atoms with Crippen molar-refractivity contribution in [2.75, 3.05) is 11.9 Å². The molecule has 1 aromatic heterocycles. The molecule has 0 aliphatic carbocycles. The third kappa shape index (κ3) is 2.45. The topological polar surface area (TPSA) is 37.8 Å². The van der Waals surface area contributed by atoms with Crippen LogP contribution in [0.15, 0.2) is 24.3 Å². The third-order valence-corrected chi connectivity index (χ3v) is 4.17. The zero-order valence-electron chi connectivity index (χ0n) is 11.2. The van der Waals surface area contributed by atoms with E-state index in [0.717, 1.165) is 35.3 Å². The monoisotopic (exact) mass is 271 g/mol. The van der Waals surface area contributed by atoms with Gasteiger partial charge in [0.1, 0.15) is 5.82 Å². The van der Waals surface area contributed by atoms with E-state index in [1.165, 1.54) is 16.8 Å². The number of nitrogens with one attached hydrogen (secondary N) is 1. The van der Waals surface area contributed by atoms with E-state index in [-0.39, 0.29) is 0 Å². The molecule has 0 saturated heterocycles. The van der Waals surface area contributed by atoms with Gasteiger partial charge in [-0.3, -0.25) is 0 Å². The second-order valence-electron chi connectivity index (χ2n) is 4.71. The van der Waals surface area contributed by atoms with Gasteiger partial charge in [-0.05, 0) is 19.9 Å². The van der Waals surface area contributed by atoms with Crippen molar-refractivity contribution in [3.63, 3.8) is 0 Å². The standard InChI is InChI=1S/C15H17N3S/c1-3-16-15-12-8-19-9-13(12)17-14(18-15)11-6-4-5-10(2)7-11/h4-7H,3,8-9H2,1-2H3,(H,16,17,18). The Balaban J connectivity index is 2.10. The van der Waals surface area contributed by atoms with Crippen molar-refractivity contribution >= 4 is 17.6 Å². The minimum atomic E-state index is 0.834. The summed E-state index contributed by atoms with van der Waals surface area (Å²) in [6.07, 6.45) is 0. The van der Waals surface area contributed by atoms with Crippen LogP contribution in [-0.4, -0.2) is 16.5 Å². The minimum Gasteiger partial charge on any atom is -0.370 e. The molecule has 0 radical (unpaired) electrons. The first kappa shape index (κ1) is 12.5. The Morgan fingerprint density at radius 2 is 2.16 bits per heavy atom. The van der Waals surface area contributed by atoms with Gasteiger partial charge >= 0.3 is 0 Å². The summed E-state index contributed by atoms with van der Waals surface area (Å²) in [5.74, 6) is 3.86. The molecular weight excluding hydrogens is 254 g/mol. The Kier molecular flexibility index (Phi) is 3.42. The molecule has 0 amide bonds. The summed E-state index contributed by atoms with van der Waals surface area (Å²) in [5, 5.41) is 3.37. The fourth-order valence-electron chi connectivity index (χ4n) is 2.28. The molecule has 3 rings (SSSR count). The summed E-state index contributed by atoms with van der Waals surface area (Å²) in [5.41, 5.74) is 4.80. The lowest BCUT2D eigenvalue weighted by molar-refractivity contribution is 1.05. The fourth-order valence-corrected chi connectivity index (χ4v) is 3.32. The number of benzene rings is 1. The molecule has 98 valence electrons. The van der Waals surface area contributed by atoms with Crippen molar-refractivity contribution in [2.45, 2.75) is 25.4 Å². The van der Waals surface area contributed by atoms with Crippen LogP contribution in [0.25, 0.3) is 11.4 Å². The average Bonchev–Trinajstić information content (AvgIpc) is 2.87. The highest BCUT2D eigenvalue weighted by atomic mass is 32.2. The second-order valence-corrected chi connectivity index (χ2v) is 5.70. The van der Waals surface area contributed by atoms with Crippen molar-refractivity contribution in [3.05, 3.63) is 41.1 Å². The smallest absolute Gasteiger partial charge is 0.161 e. The first-order valence-electron chi connectivity index (χ1n) is 6.56. The Bertz CT molecular complexity index is 610. The molecular formula is C15H17N3S. The summed E-state index contributed by atoms with van der Waals surface area (Å²) in [6, 6.07) is 8.37. The van der Waals surface area contributed by atoms with Crippen molar-refractivity contribution in [1.82, 2.24) is 9.97 Å². The predicted octanol–water partition coefficient (Wildman–Crippen LogP) is 3.63. The molecule has 1 aromatic carbocycles. The minimum absolute atomic E-state index is 0.834. The highest BCUT2D eigenvalue weighted by Crippen LogP contribution is 2.34. The molecule has 1 N–H and O–H groups in total. The van der Waals surface area contributed by atoms with Gasteiger partial charge in [-0.15, -0.1) is 0 Å². The first-order chi connectivity index (χ1) is 9.28. The molecule has 2 heterocycles. The highest BCUT2D eigenvalue weighted by Gasteiger charge is 2.19. The Hall–Kier alpha value is -1.55. The number of aryl methyl sites for hydroxylation is 1. The summed E-state index contributed by atoms with van der Waals surface area (Å²) >= 11 is 1.91. The predicted molar refractivity (Wildman–Crippen MR) is 81.4 cm³/mol. The van der Waals surface area contributed by atoms with Crippen LogP contribution in [0.5, 0.6) is 0 Å². The van der Waals surface area contributed by atoms with E-state index in [4.69, 9.17) is 9.97 Å². The Morgan fingerprint density at radius 1 is 1.26 bits per heavy atom. The zero-order valence-corrected chi connectivity index (χ0v) is 12.0. The normalized spacial score (nSPS) is 13.4. The van der Waals surface area contributed by atoms with Gasteiger partial charge in [-0.25, -0.2) is 9.97 Å². The van der Waals surface area contributed by atoms with Gasteiger partial charge in [0, 0.05) is 29.2 Å². The average molecular weight is 271 g/mol. The highest BCUT2D eigenvalue weighted by molar-refractivity contribution is 7.98. The van der Waals surface area contributed by atoms with E-state index in [1.54, 1.807) is 0 Å². The fraction of sp³-hybridized carbons (Fsp3) is 0.333. The van der Waals surface area contributed by atoms with E-state index in [1.807, 2.05) is 11.8 Å². The Labute approximate surface area is 117 Å². The quantitative estimate of drug-likeness (QED) is 0.925. The van der Waals surface area contributed by atoms with Gasteiger partial charge in [0.15, 0.2) is 5.82 Å². The summed E-state index contributed by atoms with van der Waals surface area (Å²) in [4.78, 5) is 9.45. The number of hydrogen-bond acceptors (Lipinski definition) is 4. The lowest BCUT2D eigenvalue weighted by Gasteiger charge is -2.10. The molecule has 1 aliphatic heterocycles. The largest absolute Gasteiger partial charge is 0.370 e. The van der Waals surface area contributed by atoms with Crippen molar-refractivity contribution in [1.29, 1.82) is 0 Å². The molecule has 4 heteroatoms. The molecule has 0 bridgehead atoms. The number of rotatable bonds is 3. The second kappa shape index (κ2) is 5.21. The lowest BCUT2D eigenvalue weighted by atomic mass is 10.1. The van der Waals surface area contributed by atoms with Crippen LogP contribution in [0.1, 0.15) is 23.7 Å². The lowest BCUT2D eigenvalue weighted by Crippen LogP contribution is -2.06. The van der Waals surface area contributed by atoms with Crippen LogP contribution < -0.4 is 5.32 Å². The summed E-state index contributed by atoms with van der Waals surface area (Å²) in [7, 11) is 0. The molecule has 1 aliphatic rings. The van der Waals surface area contributed by atoms with Gasteiger partial charge in [0.25, 0.3) is 0 Å². The number of fused-ring (bicyclic) bond motifs is 1. The molecule has 19 heavy (non-hydrogen) atoms. The van der Waals surface area contributed by atoms with Gasteiger partial charge in [0.2, 0.25) is 0 Å². The summed E-state index contributed by atoms with van der Waals surface area (Å²) in [6.45, 7) is 5.09. The van der Waals surface area contributed by atoms with E-state index in [0.29, 0.717) is 0 Å². The summed E-state index contributed by atoms with van der Waals surface area (Å²) < 4.78 is 0. The number of aromatic nitrogens is 2. The van der Waals surface area contributed by atoms with Gasteiger partial charge in [0.05, 0.1) is 5.69 Å². The molecule has 0 saturated carbocycles. The van der Waals surface area contributed by atoms with Crippen LogP contribution in [0.4, 0.5) is 5.82 Å². The van der Waals surface area contributed by atoms with Crippen molar-refractivity contribution in [2.24, 2.45) is 0 Å². The molecule has 0 fully saturated rings. The molecule has 2 aromatic rings. The molecule has 0 unspecified atom stereocenters. The van der Waals surface area contributed by atoms with Crippen LogP contribution in [0, 0.1) is 6.92 Å². The Morgan fingerprint density at radius 3 is 2.95 bits per heavy atom. The van der Waals surface area contributed by atoms with Crippen molar-refractivity contribution in [3.8, 4) is 11.4 Å². The number of hydrogen-bond donors (Lipinski definition) is 1. The maximum atomic E-state index is 4.74. The third-order valence-electron chi connectivity index (χ3n) is 3.20. The van der Waals surface area contributed by atoms with Crippen LogP contribution in [0.2, 0.25) is 0 Å². The zero-order chi connectivity index (χ0) is 13.2. The van der Waals surface area contributed by atoms with E-state index >= 15 is 0 Å². The maximum absolute atomic E-state index is 4.74. The molecule has 0 spiro atoms. The van der Waals surface area contributed by atoms with Crippen LogP contribution >= 0.6 is 11.8 Å². The molecule has 3 nitrogen and oxygen atoms in total. The number of thioether (sulfide) groups is 1. The number of nitrogens with zero attached hydrogens (tertiary/aromatic N) is 2. The SMILES string of the molecule is CCNc1nc(-c2cccc(C)c2)nc2c1CSC2. The maximum Gasteiger partial charge on any atom is 0.161 e. The van der Waals surface area contributed by atoms with Crippen molar-refractivity contribution < 1.29 is 0 Å². The van der Waals surface area contributed by atoms with E-state index in [9.17, 15) is 0 Å². The molecule has 0 atom stereocenters. The van der Waals surface area contributed by atoms with Gasteiger partial charge in [-0.2, -0.15) is 11.8 Å². The van der Waals surface area contributed by atoms with Crippen LogP contribution in [-0.2, 0) is 11.5 Å². The van der Waals surface area contributed by atoms with E-state index in [2.05, 4.69) is 43.4 Å².